The summed E-state index contributed by atoms with van der Waals surface area (Å²) in [6.45, 7) is 0. The smallest absolute Gasteiger partial charge is 0.417 e. The third kappa shape index (κ3) is 4.12. The van der Waals surface area contributed by atoms with Gasteiger partial charge in [-0.25, -0.2) is 9.59 Å². The molecule has 0 radical (unpaired) electrons. The van der Waals surface area contributed by atoms with Crippen LogP contribution >= 0.6 is 11.7 Å². The zero-order valence-electron chi connectivity index (χ0n) is 15.7. The number of amides is 1. The highest BCUT2D eigenvalue weighted by Gasteiger charge is 2.29. The van der Waals surface area contributed by atoms with Crippen LogP contribution in [0.5, 0.6) is 0 Å². The van der Waals surface area contributed by atoms with Gasteiger partial charge in [-0.1, -0.05) is 42.5 Å². The molecule has 156 valence electrons. The summed E-state index contributed by atoms with van der Waals surface area (Å²) in [5.74, 6) is -4.23. The Kier molecular flexibility index (Phi) is 5.41. The van der Waals surface area contributed by atoms with Crippen molar-refractivity contribution in [3.63, 3.8) is 0 Å². The number of H-pyrrole nitrogens is 1. The topological polar surface area (TPSA) is 155 Å². The molecule has 1 unspecified atom stereocenters. The molecule has 10 nitrogen and oxygen atoms in total. The third-order valence-corrected chi connectivity index (χ3v) is 5.06. The third-order valence-electron chi connectivity index (χ3n) is 4.53. The van der Waals surface area contributed by atoms with Crippen molar-refractivity contribution in [1.29, 1.82) is 0 Å². The molecule has 1 amide bonds. The van der Waals surface area contributed by atoms with Crippen LogP contribution in [0.15, 0.2) is 57.7 Å². The molecule has 0 saturated carbocycles. The number of carboxylic acids is 1. The number of nitrogens with zero attached hydrogens (tertiary/aromatic N) is 2. The molecule has 2 heterocycles. The van der Waals surface area contributed by atoms with Crippen molar-refractivity contribution in [1.82, 2.24) is 19.0 Å². The van der Waals surface area contributed by atoms with E-state index in [1.54, 1.807) is 48.5 Å². The Labute approximate surface area is 177 Å². The van der Waals surface area contributed by atoms with E-state index < -0.39 is 29.5 Å². The first-order chi connectivity index (χ1) is 14.9. The summed E-state index contributed by atoms with van der Waals surface area (Å²) >= 11 is 0.766. The van der Waals surface area contributed by atoms with Crippen LogP contribution in [-0.4, -0.2) is 42.5 Å². The second-order valence-corrected chi connectivity index (χ2v) is 7.07. The number of nitrogens with one attached hydrogen (secondary N) is 2. The van der Waals surface area contributed by atoms with Gasteiger partial charge in [-0.15, -0.1) is 0 Å². The summed E-state index contributed by atoms with van der Waals surface area (Å²) < 4.78 is 13.2. The van der Waals surface area contributed by atoms with Gasteiger partial charge in [0.15, 0.2) is 11.3 Å². The van der Waals surface area contributed by atoms with Crippen LogP contribution in [0.3, 0.4) is 0 Å². The standard InChI is InChI=1S/C20H14N4O6S/c25-17(19(27)28)12(9-10-5-2-1-3-6-10)21-18(26)16-15(23-31-24-16)11-7-4-8-13-14(11)22-20(29)30-13/h1-8,12H,9H2,(H,21,26)(H,22,29)(H,27,28). The van der Waals surface area contributed by atoms with E-state index in [4.69, 9.17) is 9.52 Å². The normalized spacial score (nSPS) is 11.9. The average molecular weight is 438 g/mol. The maximum Gasteiger partial charge on any atom is 0.417 e. The number of carbonyl (C=O) groups is 3. The van der Waals surface area contributed by atoms with Crippen molar-refractivity contribution < 1.29 is 23.9 Å². The number of carbonyl (C=O) groups excluding carboxylic acids is 2. The quantitative estimate of drug-likeness (QED) is 0.368. The van der Waals surface area contributed by atoms with Gasteiger partial charge in [-0.05, 0) is 11.6 Å². The number of hydrogen-bond acceptors (Lipinski definition) is 8. The Hall–Kier alpha value is -4.12. The minimum absolute atomic E-state index is 0.00472. The first-order valence-electron chi connectivity index (χ1n) is 9.00. The number of aromatic nitrogens is 3. The van der Waals surface area contributed by atoms with Crippen molar-refractivity contribution >= 4 is 40.5 Å². The zero-order valence-corrected chi connectivity index (χ0v) is 16.5. The lowest BCUT2D eigenvalue weighted by atomic mass is 10.0. The number of ketones is 1. The number of carboxylic acid groups (broad SMARTS) is 1. The molecule has 2 aromatic heterocycles. The lowest BCUT2D eigenvalue weighted by Crippen LogP contribution is -2.45. The molecule has 0 aliphatic rings. The summed E-state index contributed by atoms with van der Waals surface area (Å²) in [5, 5.41) is 11.6. The monoisotopic (exact) mass is 438 g/mol. The molecule has 1 atom stereocenters. The zero-order chi connectivity index (χ0) is 22.0. The Balaban J connectivity index is 1.66. The summed E-state index contributed by atoms with van der Waals surface area (Å²) in [6.07, 6.45) is -0.00472. The summed E-state index contributed by atoms with van der Waals surface area (Å²) in [4.78, 5) is 50.5. The Morgan fingerprint density at radius 2 is 1.87 bits per heavy atom. The van der Waals surface area contributed by atoms with E-state index in [1.807, 2.05) is 0 Å². The molecular formula is C20H14N4O6S. The van der Waals surface area contributed by atoms with Crippen molar-refractivity contribution in [3.8, 4) is 11.3 Å². The van der Waals surface area contributed by atoms with Gasteiger partial charge in [0, 0.05) is 12.0 Å². The maximum absolute atomic E-state index is 12.9. The molecule has 4 rings (SSSR count). The minimum atomic E-state index is -1.65. The van der Waals surface area contributed by atoms with E-state index in [9.17, 15) is 19.2 Å². The number of aliphatic carboxylic acids is 1. The second kappa shape index (κ2) is 8.32. The number of para-hydroxylation sites is 1. The van der Waals surface area contributed by atoms with Crippen molar-refractivity contribution in [2.45, 2.75) is 12.5 Å². The van der Waals surface area contributed by atoms with Gasteiger partial charge in [0.25, 0.3) is 11.7 Å². The van der Waals surface area contributed by atoms with Crippen LogP contribution in [0, 0.1) is 0 Å². The Morgan fingerprint density at radius 1 is 1.10 bits per heavy atom. The molecule has 0 fully saturated rings. The fraction of sp³-hybridized carbons (Fsp3) is 0.100. The number of rotatable bonds is 7. The van der Waals surface area contributed by atoms with E-state index >= 15 is 0 Å². The number of oxazole rings is 1. The first-order valence-corrected chi connectivity index (χ1v) is 9.73. The van der Waals surface area contributed by atoms with E-state index in [2.05, 4.69) is 19.0 Å². The maximum atomic E-state index is 12.9. The van der Waals surface area contributed by atoms with E-state index in [-0.39, 0.29) is 23.4 Å². The number of Topliss-reactive ketones (excluding diaryl/α,β-unsaturated/α-hetero) is 1. The van der Waals surface area contributed by atoms with Gasteiger partial charge in [-0.3, -0.25) is 14.6 Å². The fourth-order valence-corrected chi connectivity index (χ4v) is 3.68. The van der Waals surface area contributed by atoms with Crippen LogP contribution in [0.4, 0.5) is 0 Å². The predicted octanol–water partition coefficient (Wildman–Crippen LogP) is 1.63. The average Bonchev–Trinajstić information content (AvgIpc) is 3.39. The molecule has 11 heteroatoms. The summed E-state index contributed by atoms with van der Waals surface area (Å²) in [5.41, 5.74) is 1.79. The van der Waals surface area contributed by atoms with Crippen LogP contribution in [-0.2, 0) is 16.0 Å². The lowest BCUT2D eigenvalue weighted by Gasteiger charge is -2.15. The molecule has 2 aromatic carbocycles. The van der Waals surface area contributed by atoms with E-state index in [0.29, 0.717) is 16.6 Å². The first kappa shape index (κ1) is 20.2. The van der Waals surface area contributed by atoms with Crippen LogP contribution in [0.2, 0.25) is 0 Å². The molecule has 31 heavy (non-hydrogen) atoms. The van der Waals surface area contributed by atoms with Gasteiger partial charge in [0.05, 0.1) is 17.2 Å². The van der Waals surface area contributed by atoms with E-state index in [0.717, 1.165) is 11.7 Å². The summed E-state index contributed by atoms with van der Waals surface area (Å²) in [7, 11) is 0. The van der Waals surface area contributed by atoms with Crippen molar-refractivity contribution in [3.05, 3.63) is 70.3 Å². The van der Waals surface area contributed by atoms with Crippen molar-refractivity contribution in [2.24, 2.45) is 0 Å². The largest absolute Gasteiger partial charge is 0.475 e. The SMILES string of the molecule is O=C(O)C(=O)C(Cc1ccccc1)NC(=O)c1nsnc1-c1cccc2oc(=O)[nH]c12. The van der Waals surface area contributed by atoms with Gasteiger partial charge in [0.1, 0.15) is 11.7 Å². The molecular weight excluding hydrogens is 424 g/mol. The molecule has 0 aliphatic heterocycles. The van der Waals surface area contributed by atoms with Gasteiger partial charge in [-0.2, -0.15) is 8.75 Å². The molecule has 4 aromatic rings. The number of fused-ring (bicyclic) bond motifs is 1. The molecule has 3 N–H and O–H groups in total. The van der Waals surface area contributed by atoms with Gasteiger partial charge in [0.2, 0.25) is 0 Å². The Bertz CT molecular complexity index is 1340. The molecule has 0 bridgehead atoms. The van der Waals surface area contributed by atoms with Crippen LogP contribution in [0.25, 0.3) is 22.4 Å². The van der Waals surface area contributed by atoms with E-state index in [1.165, 1.54) is 0 Å². The van der Waals surface area contributed by atoms with Gasteiger partial charge < -0.3 is 14.8 Å². The number of hydrogen-bond donors (Lipinski definition) is 3. The Morgan fingerprint density at radius 3 is 2.61 bits per heavy atom. The molecule has 0 aliphatic carbocycles. The highest BCUT2D eigenvalue weighted by atomic mass is 32.1. The lowest BCUT2D eigenvalue weighted by molar-refractivity contribution is -0.149. The highest BCUT2D eigenvalue weighted by Crippen LogP contribution is 2.28. The fourth-order valence-electron chi connectivity index (χ4n) is 3.12. The number of benzene rings is 2. The van der Waals surface area contributed by atoms with Gasteiger partial charge >= 0.3 is 11.7 Å². The number of aromatic amines is 1. The van der Waals surface area contributed by atoms with Crippen LogP contribution in [0.1, 0.15) is 16.1 Å². The minimum Gasteiger partial charge on any atom is -0.475 e. The van der Waals surface area contributed by atoms with Crippen LogP contribution < -0.4 is 11.1 Å². The highest BCUT2D eigenvalue weighted by molar-refractivity contribution is 6.99. The predicted molar refractivity (Wildman–Crippen MR) is 110 cm³/mol. The van der Waals surface area contributed by atoms with Crippen molar-refractivity contribution in [2.75, 3.05) is 0 Å². The molecule has 0 saturated heterocycles. The second-order valence-electron chi connectivity index (χ2n) is 6.54. The molecule has 0 spiro atoms. The summed E-state index contributed by atoms with van der Waals surface area (Å²) in [6, 6.07) is 12.3.